The van der Waals surface area contributed by atoms with Crippen molar-refractivity contribution < 1.29 is 32.0 Å². The number of alkyl halides is 4. The third kappa shape index (κ3) is 5.61. The molecule has 0 bridgehead atoms. The predicted molar refractivity (Wildman–Crippen MR) is 128 cm³/mol. The molecule has 11 heteroatoms. The Balaban J connectivity index is 1.32. The second-order valence-electron chi connectivity index (χ2n) is 9.57. The lowest BCUT2D eigenvalue weighted by molar-refractivity contribution is -0.141. The van der Waals surface area contributed by atoms with Crippen LogP contribution in [0.25, 0.3) is 22.8 Å². The molecule has 37 heavy (non-hydrogen) atoms. The molecule has 2 aliphatic rings. The summed E-state index contributed by atoms with van der Waals surface area (Å²) in [6.45, 7) is 2.30. The normalized spacial score (nSPS) is 19.5. The zero-order valence-electron chi connectivity index (χ0n) is 19.9. The minimum Gasteiger partial charge on any atom is -0.481 e. The number of rotatable bonds is 6. The van der Waals surface area contributed by atoms with Gasteiger partial charge in [0, 0.05) is 43.0 Å². The fraction of sp³-hybridized carbons (Fsp3) is 0.423. The topological polar surface area (TPSA) is 82.7 Å². The highest BCUT2D eigenvalue weighted by Gasteiger charge is 2.36. The van der Waals surface area contributed by atoms with E-state index in [9.17, 15) is 22.4 Å². The highest BCUT2D eigenvalue weighted by atomic mass is 19.4. The first-order chi connectivity index (χ1) is 17.7. The van der Waals surface area contributed by atoms with Gasteiger partial charge in [-0.2, -0.15) is 18.2 Å². The van der Waals surface area contributed by atoms with Gasteiger partial charge < -0.3 is 14.5 Å². The van der Waals surface area contributed by atoms with Crippen LogP contribution in [0.5, 0.6) is 0 Å². The first kappa shape index (κ1) is 25.2. The molecule has 196 valence electrons. The van der Waals surface area contributed by atoms with E-state index in [1.165, 1.54) is 12.1 Å². The van der Waals surface area contributed by atoms with Crippen LogP contribution in [-0.2, 0) is 17.5 Å². The van der Waals surface area contributed by atoms with E-state index in [4.69, 9.17) is 9.63 Å². The number of carboxylic acid groups (broad SMARTS) is 1. The molecule has 2 aliphatic heterocycles. The Hall–Kier alpha value is -3.47. The molecule has 0 aliphatic carbocycles. The van der Waals surface area contributed by atoms with E-state index in [0.29, 0.717) is 25.1 Å². The van der Waals surface area contributed by atoms with Gasteiger partial charge in [-0.15, -0.1) is 0 Å². The number of anilines is 1. The molecule has 1 atom stereocenters. The van der Waals surface area contributed by atoms with Crippen molar-refractivity contribution in [1.82, 2.24) is 15.0 Å². The number of hydrogen-bond acceptors (Lipinski definition) is 6. The standard InChI is InChI=1S/C26H26F4N4O3/c27-20-8-11-34(12-9-20)22-6-5-18(13-21(22)26(28,29)30)23-31-24(37-32-23)17-3-1-16(2-4-17)14-33-10-7-19(15-33)25(35)36/h1-6,13,19-20H,7-12,14-15H2,(H,35,36)/t19-/m0/s1. The highest BCUT2D eigenvalue weighted by molar-refractivity contribution is 5.70. The van der Waals surface area contributed by atoms with Crippen molar-refractivity contribution in [2.24, 2.45) is 5.92 Å². The number of likely N-dealkylation sites (tertiary alicyclic amines) is 1. The molecule has 0 spiro atoms. The van der Waals surface area contributed by atoms with Crippen molar-refractivity contribution in [3.05, 3.63) is 53.6 Å². The van der Waals surface area contributed by atoms with Gasteiger partial charge >= 0.3 is 12.1 Å². The number of aromatic nitrogens is 2. The Labute approximate surface area is 210 Å². The minimum absolute atomic E-state index is 0.0233. The van der Waals surface area contributed by atoms with Gasteiger partial charge in [-0.3, -0.25) is 9.69 Å². The lowest BCUT2D eigenvalue weighted by Gasteiger charge is -2.32. The highest BCUT2D eigenvalue weighted by Crippen LogP contribution is 2.40. The molecule has 1 aromatic heterocycles. The molecule has 2 aromatic carbocycles. The van der Waals surface area contributed by atoms with Crippen LogP contribution in [0.1, 0.15) is 30.4 Å². The van der Waals surface area contributed by atoms with E-state index >= 15 is 0 Å². The van der Waals surface area contributed by atoms with Gasteiger partial charge in [0.05, 0.1) is 11.5 Å². The van der Waals surface area contributed by atoms with E-state index in [2.05, 4.69) is 15.0 Å². The first-order valence-electron chi connectivity index (χ1n) is 12.2. The lowest BCUT2D eigenvalue weighted by atomic mass is 10.0. The van der Waals surface area contributed by atoms with Crippen molar-refractivity contribution in [2.45, 2.75) is 38.2 Å². The van der Waals surface area contributed by atoms with E-state index in [1.807, 2.05) is 12.1 Å². The first-order valence-corrected chi connectivity index (χ1v) is 12.2. The Kier molecular flexibility index (Phi) is 6.89. The Bertz CT molecular complexity index is 1250. The molecule has 0 saturated carbocycles. The summed E-state index contributed by atoms with van der Waals surface area (Å²) in [6, 6.07) is 11.2. The maximum absolute atomic E-state index is 13.9. The van der Waals surface area contributed by atoms with Gasteiger partial charge in [0.15, 0.2) is 0 Å². The fourth-order valence-electron chi connectivity index (χ4n) is 4.91. The summed E-state index contributed by atoms with van der Waals surface area (Å²) in [7, 11) is 0. The second-order valence-corrected chi connectivity index (χ2v) is 9.57. The van der Waals surface area contributed by atoms with E-state index < -0.39 is 23.9 Å². The second kappa shape index (κ2) is 10.1. The van der Waals surface area contributed by atoms with Crippen molar-refractivity contribution >= 4 is 11.7 Å². The molecule has 3 aromatic rings. The monoisotopic (exact) mass is 518 g/mol. The zero-order chi connectivity index (χ0) is 26.2. The van der Waals surface area contributed by atoms with Crippen LogP contribution in [0.15, 0.2) is 47.0 Å². The number of nitrogens with zero attached hydrogens (tertiary/aromatic N) is 4. The molecule has 1 N–H and O–H groups in total. The summed E-state index contributed by atoms with van der Waals surface area (Å²) >= 11 is 0. The Morgan fingerprint density at radius 3 is 2.38 bits per heavy atom. The van der Waals surface area contributed by atoms with Crippen LogP contribution in [0, 0.1) is 5.92 Å². The maximum Gasteiger partial charge on any atom is 0.418 e. The van der Waals surface area contributed by atoms with Gasteiger partial charge in [0.2, 0.25) is 5.82 Å². The van der Waals surface area contributed by atoms with Crippen LogP contribution in [0.4, 0.5) is 23.2 Å². The molecular weight excluding hydrogens is 492 g/mol. The summed E-state index contributed by atoms with van der Waals surface area (Å²) < 4.78 is 60.5. The Morgan fingerprint density at radius 2 is 1.73 bits per heavy atom. The van der Waals surface area contributed by atoms with E-state index in [0.717, 1.165) is 18.2 Å². The SMILES string of the molecule is O=C(O)[C@H]1CCN(Cc2ccc(-c3nc(-c4ccc(N5CCC(F)CC5)c(C(F)(F)F)c4)no3)cc2)C1. The lowest BCUT2D eigenvalue weighted by Crippen LogP contribution is -2.35. The number of halogens is 4. The summed E-state index contributed by atoms with van der Waals surface area (Å²) in [6.07, 6.45) is -4.55. The van der Waals surface area contributed by atoms with Crippen molar-refractivity contribution in [2.75, 3.05) is 31.1 Å². The van der Waals surface area contributed by atoms with Crippen LogP contribution < -0.4 is 4.90 Å². The van der Waals surface area contributed by atoms with Gasteiger partial charge in [-0.1, -0.05) is 17.3 Å². The summed E-state index contributed by atoms with van der Waals surface area (Å²) in [5.74, 6) is -0.902. The largest absolute Gasteiger partial charge is 0.481 e. The smallest absolute Gasteiger partial charge is 0.418 e. The zero-order valence-corrected chi connectivity index (χ0v) is 19.9. The third-order valence-corrected chi connectivity index (χ3v) is 6.98. The Morgan fingerprint density at radius 1 is 1.03 bits per heavy atom. The summed E-state index contributed by atoms with van der Waals surface area (Å²) in [5.41, 5.74) is 0.996. The summed E-state index contributed by atoms with van der Waals surface area (Å²) in [4.78, 5) is 19.1. The number of aliphatic carboxylic acids is 1. The van der Waals surface area contributed by atoms with Gasteiger partial charge in [0.1, 0.15) is 6.17 Å². The molecule has 3 heterocycles. The quantitative estimate of drug-likeness (QED) is 0.446. The minimum atomic E-state index is -4.60. The molecular formula is C26H26F4N4O3. The summed E-state index contributed by atoms with van der Waals surface area (Å²) in [5, 5.41) is 13.0. The molecule has 0 radical (unpaired) electrons. The van der Waals surface area contributed by atoms with Crippen molar-refractivity contribution in [3.63, 3.8) is 0 Å². The number of carboxylic acids is 1. The average molecular weight is 519 g/mol. The maximum atomic E-state index is 13.9. The number of piperidine rings is 1. The average Bonchev–Trinajstić information content (AvgIpc) is 3.55. The van der Waals surface area contributed by atoms with Gasteiger partial charge in [-0.25, -0.2) is 4.39 Å². The van der Waals surface area contributed by atoms with E-state index in [1.54, 1.807) is 17.0 Å². The van der Waals surface area contributed by atoms with Gasteiger partial charge in [0.25, 0.3) is 5.89 Å². The third-order valence-electron chi connectivity index (χ3n) is 6.98. The number of hydrogen-bond donors (Lipinski definition) is 1. The van der Waals surface area contributed by atoms with Crippen LogP contribution >= 0.6 is 0 Å². The predicted octanol–water partition coefficient (Wildman–Crippen LogP) is 5.27. The van der Waals surface area contributed by atoms with Crippen molar-refractivity contribution in [1.29, 1.82) is 0 Å². The van der Waals surface area contributed by atoms with Gasteiger partial charge in [-0.05, 0) is 61.7 Å². The molecule has 0 unspecified atom stereocenters. The van der Waals surface area contributed by atoms with Crippen LogP contribution in [-0.4, -0.2) is 58.5 Å². The van der Waals surface area contributed by atoms with Crippen LogP contribution in [0.2, 0.25) is 0 Å². The molecule has 7 nitrogen and oxygen atoms in total. The van der Waals surface area contributed by atoms with Crippen molar-refractivity contribution in [3.8, 4) is 22.8 Å². The van der Waals surface area contributed by atoms with Crippen LogP contribution in [0.3, 0.4) is 0 Å². The molecule has 0 amide bonds. The molecule has 2 saturated heterocycles. The molecule has 5 rings (SSSR count). The number of carbonyl (C=O) groups is 1. The van der Waals surface area contributed by atoms with E-state index in [-0.39, 0.29) is 54.8 Å². The number of benzene rings is 2. The molecule has 2 fully saturated rings. The fourth-order valence-corrected chi connectivity index (χ4v) is 4.91.